The summed E-state index contributed by atoms with van der Waals surface area (Å²) in [5.74, 6) is 1.05. The predicted molar refractivity (Wildman–Crippen MR) is 106 cm³/mol. The molecule has 0 bridgehead atoms. The first-order valence-electron chi connectivity index (χ1n) is 8.22. The highest BCUT2D eigenvalue weighted by molar-refractivity contribution is 14.0. The van der Waals surface area contributed by atoms with Gasteiger partial charge < -0.3 is 15.1 Å². The molecular formula is C16H37IN4. The third-order valence-electron chi connectivity index (χ3n) is 3.61. The monoisotopic (exact) mass is 412 g/mol. The summed E-state index contributed by atoms with van der Waals surface area (Å²) in [5.41, 5.74) is 0. The van der Waals surface area contributed by atoms with E-state index < -0.39 is 0 Å². The van der Waals surface area contributed by atoms with Crippen LogP contribution in [0.15, 0.2) is 4.99 Å². The highest BCUT2D eigenvalue weighted by Crippen LogP contribution is 1.99. The lowest BCUT2D eigenvalue weighted by Crippen LogP contribution is -2.39. The van der Waals surface area contributed by atoms with E-state index in [1.54, 1.807) is 0 Å². The fourth-order valence-corrected chi connectivity index (χ4v) is 1.89. The summed E-state index contributed by atoms with van der Waals surface area (Å²) in [4.78, 5) is 9.36. The first kappa shape index (κ1) is 23.2. The molecule has 0 heterocycles. The summed E-state index contributed by atoms with van der Waals surface area (Å²) in [6.07, 6.45) is 4.83. The Bertz CT molecular complexity index is 257. The van der Waals surface area contributed by atoms with Crippen LogP contribution in [0.5, 0.6) is 0 Å². The summed E-state index contributed by atoms with van der Waals surface area (Å²) in [5, 5.41) is 3.37. The van der Waals surface area contributed by atoms with E-state index in [2.05, 4.69) is 56.9 Å². The molecule has 0 rings (SSSR count). The van der Waals surface area contributed by atoms with E-state index in [9.17, 15) is 0 Å². The fraction of sp³-hybridized carbons (Fsp3) is 0.938. The average molecular weight is 412 g/mol. The molecule has 0 atom stereocenters. The second kappa shape index (κ2) is 14.9. The van der Waals surface area contributed by atoms with Crippen LogP contribution >= 0.6 is 24.0 Å². The maximum absolute atomic E-state index is 4.72. The molecule has 0 radical (unpaired) electrons. The zero-order valence-corrected chi connectivity index (χ0v) is 17.3. The van der Waals surface area contributed by atoms with E-state index in [1.165, 1.54) is 19.3 Å². The second-order valence-electron chi connectivity index (χ2n) is 5.79. The molecule has 5 heteroatoms. The molecular weight excluding hydrogens is 375 g/mol. The lowest BCUT2D eigenvalue weighted by atomic mass is 10.2. The Balaban J connectivity index is 0. The molecule has 0 amide bonds. The minimum atomic E-state index is 0. The van der Waals surface area contributed by atoms with Crippen molar-refractivity contribution >= 4 is 29.9 Å². The van der Waals surface area contributed by atoms with Gasteiger partial charge in [-0.2, -0.15) is 0 Å². The Labute approximate surface area is 149 Å². The molecule has 0 saturated heterocycles. The van der Waals surface area contributed by atoms with E-state index in [0.717, 1.165) is 38.6 Å². The molecule has 4 nitrogen and oxygen atoms in total. The quantitative estimate of drug-likeness (QED) is 0.258. The van der Waals surface area contributed by atoms with Gasteiger partial charge >= 0.3 is 0 Å². The number of rotatable bonds is 10. The van der Waals surface area contributed by atoms with E-state index in [-0.39, 0.29) is 24.0 Å². The van der Waals surface area contributed by atoms with Crippen molar-refractivity contribution in [3.8, 4) is 0 Å². The molecule has 0 aliphatic carbocycles. The zero-order chi connectivity index (χ0) is 15.4. The van der Waals surface area contributed by atoms with E-state index in [4.69, 9.17) is 4.99 Å². The number of nitrogens with zero attached hydrogens (tertiary/aromatic N) is 3. The molecule has 0 aromatic carbocycles. The molecule has 0 fully saturated rings. The van der Waals surface area contributed by atoms with E-state index in [0.29, 0.717) is 6.04 Å². The second-order valence-corrected chi connectivity index (χ2v) is 5.79. The van der Waals surface area contributed by atoms with Crippen LogP contribution in [0, 0.1) is 0 Å². The van der Waals surface area contributed by atoms with Crippen molar-refractivity contribution in [1.82, 2.24) is 15.1 Å². The standard InChI is InChI=1S/C16H36N4.HI/c1-7-9-13-20(6)16(17-8-2)18-12-10-11-14-19(5)15(3)4;/h15H,7-14H2,1-6H3,(H,17,18);1H. The van der Waals surface area contributed by atoms with Gasteiger partial charge in [-0.15, -0.1) is 24.0 Å². The molecule has 0 unspecified atom stereocenters. The van der Waals surface area contributed by atoms with Gasteiger partial charge in [-0.25, -0.2) is 0 Å². The molecule has 0 aliphatic rings. The van der Waals surface area contributed by atoms with Gasteiger partial charge in [-0.3, -0.25) is 4.99 Å². The van der Waals surface area contributed by atoms with Crippen LogP contribution in [0.1, 0.15) is 53.4 Å². The van der Waals surface area contributed by atoms with Crippen molar-refractivity contribution in [3.63, 3.8) is 0 Å². The molecule has 0 aromatic rings. The smallest absolute Gasteiger partial charge is 0.193 e. The summed E-state index contributed by atoms with van der Waals surface area (Å²) >= 11 is 0. The highest BCUT2D eigenvalue weighted by Gasteiger charge is 2.05. The number of guanidine groups is 1. The minimum absolute atomic E-state index is 0. The Morgan fingerprint density at radius 2 is 1.71 bits per heavy atom. The normalized spacial score (nSPS) is 11.7. The molecule has 128 valence electrons. The fourth-order valence-electron chi connectivity index (χ4n) is 1.89. The van der Waals surface area contributed by atoms with Crippen LogP contribution in [0.3, 0.4) is 0 Å². The van der Waals surface area contributed by atoms with Gasteiger partial charge in [0.05, 0.1) is 0 Å². The van der Waals surface area contributed by atoms with E-state index in [1.807, 2.05) is 0 Å². The molecule has 0 spiro atoms. The van der Waals surface area contributed by atoms with Crippen LogP contribution in [0.4, 0.5) is 0 Å². The number of halogens is 1. The number of aliphatic imine (C=N–C) groups is 1. The molecule has 0 aromatic heterocycles. The third kappa shape index (κ3) is 12.2. The van der Waals surface area contributed by atoms with Crippen LogP contribution in [-0.2, 0) is 0 Å². The first-order valence-corrected chi connectivity index (χ1v) is 8.22. The number of hydrogen-bond donors (Lipinski definition) is 1. The maximum atomic E-state index is 4.72. The molecule has 0 aliphatic heterocycles. The van der Waals surface area contributed by atoms with Crippen molar-refractivity contribution in [2.45, 2.75) is 59.4 Å². The summed E-state index contributed by atoms with van der Waals surface area (Å²) in [6.45, 7) is 12.9. The lowest BCUT2D eigenvalue weighted by Gasteiger charge is -2.22. The first-order chi connectivity index (χ1) is 9.52. The SMILES string of the molecule is CCCCN(C)C(=NCCCCN(C)C(C)C)NCC.I. The Morgan fingerprint density at radius 3 is 2.24 bits per heavy atom. The summed E-state index contributed by atoms with van der Waals surface area (Å²) < 4.78 is 0. The van der Waals surface area contributed by atoms with Crippen molar-refractivity contribution in [2.24, 2.45) is 4.99 Å². The van der Waals surface area contributed by atoms with Crippen LogP contribution in [-0.4, -0.2) is 62.1 Å². The topological polar surface area (TPSA) is 30.9 Å². The number of hydrogen-bond acceptors (Lipinski definition) is 2. The van der Waals surface area contributed by atoms with Crippen LogP contribution in [0.2, 0.25) is 0 Å². The van der Waals surface area contributed by atoms with Gasteiger partial charge in [0, 0.05) is 32.7 Å². The zero-order valence-electron chi connectivity index (χ0n) is 15.0. The van der Waals surface area contributed by atoms with Gasteiger partial charge in [-0.1, -0.05) is 13.3 Å². The Morgan fingerprint density at radius 1 is 1.05 bits per heavy atom. The van der Waals surface area contributed by atoms with Gasteiger partial charge in [0.1, 0.15) is 0 Å². The summed E-state index contributed by atoms with van der Waals surface area (Å²) in [7, 11) is 4.32. The summed E-state index contributed by atoms with van der Waals surface area (Å²) in [6, 6.07) is 0.635. The minimum Gasteiger partial charge on any atom is -0.357 e. The van der Waals surface area contributed by atoms with Gasteiger partial charge in [0.2, 0.25) is 0 Å². The number of nitrogens with one attached hydrogen (secondary N) is 1. The third-order valence-corrected chi connectivity index (χ3v) is 3.61. The lowest BCUT2D eigenvalue weighted by molar-refractivity contribution is 0.269. The molecule has 21 heavy (non-hydrogen) atoms. The van der Waals surface area contributed by atoms with Gasteiger partial charge in [0.25, 0.3) is 0 Å². The maximum Gasteiger partial charge on any atom is 0.193 e. The number of unbranched alkanes of at least 4 members (excludes halogenated alkanes) is 2. The average Bonchev–Trinajstić information content (AvgIpc) is 2.42. The van der Waals surface area contributed by atoms with Crippen molar-refractivity contribution in [2.75, 3.05) is 40.3 Å². The molecule has 1 N–H and O–H groups in total. The van der Waals surface area contributed by atoms with Crippen LogP contribution in [0.25, 0.3) is 0 Å². The van der Waals surface area contributed by atoms with Gasteiger partial charge in [-0.05, 0) is 53.6 Å². The van der Waals surface area contributed by atoms with Gasteiger partial charge in [0.15, 0.2) is 5.96 Å². The Hall–Kier alpha value is -0.0400. The van der Waals surface area contributed by atoms with E-state index >= 15 is 0 Å². The predicted octanol–water partition coefficient (Wildman–Crippen LogP) is 3.42. The highest BCUT2D eigenvalue weighted by atomic mass is 127. The van der Waals surface area contributed by atoms with Crippen LogP contribution < -0.4 is 5.32 Å². The largest absolute Gasteiger partial charge is 0.357 e. The van der Waals surface area contributed by atoms with Crippen molar-refractivity contribution in [1.29, 1.82) is 0 Å². The van der Waals surface area contributed by atoms with Crippen molar-refractivity contribution < 1.29 is 0 Å². The van der Waals surface area contributed by atoms with Crippen molar-refractivity contribution in [3.05, 3.63) is 0 Å². The Kier molecular flexibility index (Phi) is 16.5. The molecule has 0 saturated carbocycles.